The summed E-state index contributed by atoms with van der Waals surface area (Å²) in [6.45, 7) is 3.47. The van der Waals surface area contributed by atoms with Crippen LogP contribution in [0.15, 0.2) is 42.5 Å². The summed E-state index contributed by atoms with van der Waals surface area (Å²) in [5.41, 5.74) is 1.77. The van der Waals surface area contributed by atoms with E-state index >= 15 is 0 Å². The van der Waals surface area contributed by atoms with Crippen LogP contribution < -0.4 is 10.6 Å². The Balaban J connectivity index is 2.30. The van der Waals surface area contributed by atoms with Crippen molar-refractivity contribution in [1.82, 2.24) is 0 Å². The standard InChI is InChI=1S/C18H18N2O4/c1-3-16(21)19-14-10-6-8-12(11(14)2)17(22)20-15-9-5-4-7-13(15)18(23)24/h4-10H,3H2,1-2H3,(H,19,21)(H,20,22)(H,23,24). The lowest BCUT2D eigenvalue weighted by molar-refractivity contribution is -0.115. The molecular formula is C18H18N2O4. The first-order valence-corrected chi connectivity index (χ1v) is 7.47. The molecule has 0 spiro atoms. The van der Waals surface area contributed by atoms with Gasteiger partial charge in [-0.1, -0.05) is 25.1 Å². The Bertz CT molecular complexity index is 799. The van der Waals surface area contributed by atoms with Crippen molar-refractivity contribution in [3.63, 3.8) is 0 Å². The Kier molecular flexibility index (Phi) is 5.31. The van der Waals surface area contributed by atoms with Crippen molar-refractivity contribution in [2.24, 2.45) is 0 Å². The number of nitrogens with one attached hydrogen (secondary N) is 2. The van der Waals surface area contributed by atoms with Crippen LogP contribution in [0.2, 0.25) is 0 Å². The number of carboxylic acids is 1. The van der Waals surface area contributed by atoms with Crippen LogP contribution in [0.5, 0.6) is 0 Å². The van der Waals surface area contributed by atoms with E-state index < -0.39 is 11.9 Å². The van der Waals surface area contributed by atoms with Crippen molar-refractivity contribution in [1.29, 1.82) is 0 Å². The minimum atomic E-state index is -1.12. The number of hydrogen-bond donors (Lipinski definition) is 3. The number of amides is 2. The monoisotopic (exact) mass is 326 g/mol. The Hall–Kier alpha value is -3.15. The quantitative estimate of drug-likeness (QED) is 0.785. The van der Waals surface area contributed by atoms with Gasteiger partial charge in [0, 0.05) is 17.7 Å². The number of rotatable bonds is 5. The van der Waals surface area contributed by atoms with Gasteiger partial charge >= 0.3 is 5.97 Å². The van der Waals surface area contributed by atoms with Crippen LogP contribution in [0.25, 0.3) is 0 Å². The molecule has 0 aliphatic rings. The summed E-state index contributed by atoms with van der Waals surface area (Å²) in [6.07, 6.45) is 0.335. The molecule has 124 valence electrons. The summed E-state index contributed by atoms with van der Waals surface area (Å²) in [6, 6.07) is 11.2. The van der Waals surface area contributed by atoms with E-state index in [4.69, 9.17) is 0 Å². The third-order valence-electron chi connectivity index (χ3n) is 3.58. The zero-order chi connectivity index (χ0) is 17.7. The maximum Gasteiger partial charge on any atom is 0.337 e. The van der Waals surface area contributed by atoms with E-state index in [1.54, 1.807) is 44.2 Å². The normalized spacial score (nSPS) is 10.1. The topological polar surface area (TPSA) is 95.5 Å². The smallest absolute Gasteiger partial charge is 0.337 e. The lowest BCUT2D eigenvalue weighted by Gasteiger charge is -2.13. The molecule has 0 atom stereocenters. The molecule has 0 aromatic heterocycles. The molecule has 0 aliphatic heterocycles. The fraction of sp³-hybridized carbons (Fsp3) is 0.167. The summed E-state index contributed by atoms with van der Waals surface area (Å²) < 4.78 is 0. The number of carboxylic acid groups (broad SMARTS) is 1. The second-order valence-electron chi connectivity index (χ2n) is 5.18. The average Bonchev–Trinajstić information content (AvgIpc) is 2.56. The van der Waals surface area contributed by atoms with Crippen LogP contribution in [-0.2, 0) is 4.79 Å². The predicted octanol–water partition coefficient (Wildman–Crippen LogP) is 3.29. The molecule has 0 fully saturated rings. The molecule has 24 heavy (non-hydrogen) atoms. The zero-order valence-electron chi connectivity index (χ0n) is 13.4. The van der Waals surface area contributed by atoms with Gasteiger partial charge in [0.1, 0.15) is 0 Å². The molecule has 6 heteroatoms. The minimum Gasteiger partial charge on any atom is -0.478 e. The highest BCUT2D eigenvalue weighted by Crippen LogP contribution is 2.22. The van der Waals surface area contributed by atoms with Crippen molar-refractivity contribution < 1.29 is 19.5 Å². The van der Waals surface area contributed by atoms with E-state index in [9.17, 15) is 19.5 Å². The molecule has 0 bridgehead atoms. The molecule has 2 aromatic carbocycles. The molecule has 0 heterocycles. The highest BCUT2D eigenvalue weighted by Gasteiger charge is 2.16. The molecule has 2 aromatic rings. The lowest BCUT2D eigenvalue weighted by atomic mass is 10.1. The van der Waals surface area contributed by atoms with Gasteiger partial charge in [-0.15, -0.1) is 0 Å². The van der Waals surface area contributed by atoms with Crippen LogP contribution in [0, 0.1) is 6.92 Å². The largest absolute Gasteiger partial charge is 0.478 e. The fourth-order valence-electron chi connectivity index (χ4n) is 2.22. The van der Waals surface area contributed by atoms with E-state index in [-0.39, 0.29) is 17.2 Å². The minimum absolute atomic E-state index is 0.0129. The summed E-state index contributed by atoms with van der Waals surface area (Å²) in [4.78, 5) is 35.3. The number of aromatic carboxylic acids is 1. The number of benzene rings is 2. The molecule has 0 aliphatic carbocycles. The molecule has 2 rings (SSSR count). The molecule has 0 saturated carbocycles. The van der Waals surface area contributed by atoms with Gasteiger partial charge in [0.2, 0.25) is 5.91 Å². The number of para-hydroxylation sites is 1. The van der Waals surface area contributed by atoms with Gasteiger partial charge in [-0.3, -0.25) is 9.59 Å². The van der Waals surface area contributed by atoms with E-state index in [2.05, 4.69) is 10.6 Å². The Morgan fingerprint density at radius 3 is 2.21 bits per heavy atom. The number of carbonyl (C=O) groups excluding carboxylic acids is 2. The third kappa shape index (κ3) is 3.78. The van der Waals surface area contributed by atoms with Crippen molar-refractivity contribution in [2.75, 3.05) is 10.6 Å². The van der Waals surface area contributed by atoms with Gasteiger partial charge in [0.15, 0.2) is 0 Å². The van der Waals surface area contributed by atoms with E-state index in [0.717, 1.165) is 0 Å². The van der Waals surface area contributed by atoms with E-state index in [0.29, 0.717) is 23.2 Å². The van der Waals surface area contributed by atoms with Gasteiger partial charge in [-0.25, -0.2) is 4.79 Å². The Morgan fingerprint density at radius 1 is 0.917 bits per heavy atom. The molecule has 0 saturated heterocycles. The number of anilines is 2. The highest BCUT2D eigenvalue weighted by molar-refractivity contribution is 6.09. The maximum absolute atomic E-state index is 12.5. The predicted molar refractivity (Wildman–Crippen MR) is 91.5 cm³/mol. The molecule has 2 amide bonds. The first kappa shape index (κ1) is 17.2. The average molecular weight is 326 g/mol. The van der Waals surface area contributed by atoms with Crippen LogP contribution >= 0.6 is 0 Å². The summed E-state index contributed by atoms with van der Waals surface area (Å²) >= 11 is 0. The summed E-state index contributed by atoms with van der Waals surface area (Å²) in [5.74, 6) is -1.70. The molecule has 3 N–H and O–H groups in total. The van der Waals surface area contributed by atoms with Crippen LogP contribution in [0.3, 0.4) is 0 Å². The van der Waals surface area contributed by atoms with Crippen LogP contribution in [0.4, 0.5) is 11.4 Å². The highest BCUT2D eigenvalue weighted by atomic mass is 16.4. The first-order chi connectivity index (χ1) is 11.4. The lowest BCUT2D eigenvalue weighted by Crippen LogP contribution is -2.17. The Morgan fingerprint density at radius 2 is 1.54 bits per heavy atom. The summed E-state index contributed by atoms with van der Waals surface area (Å²) in [5, 5.41) is 14.5. The second-order valence-corrected chi connectivity index (χ2v) is 5.18. The van der Waals surface area contributed by atoms with Gasteiger partial charge in [0.05, 0.1) is 11.3 Å². The van der Waals surface area contributed by atoms with E-state index in [1.807, 2.05) is 0 Å². The van der Waals surface area contributed by atoms with Crippen molar-refractivity contribution in [2.45, 2.75) is 20.3 Å². The SMILES string of the molecule is CCC(=O)Nc1cccc(C(=O)Nc2ccccc2C(=O)O)c1C. The second kappa shape index (κ2) is 7.41. The van der Waals surface area contributed by atoms with Gasteiger partial charge in [-0.2, -0.15) is 0 Å². The van der Waals surface area contributed by atoms with Crippen molar-refractivity contribution in [3.8, 4) is 0 Å². The van der Waals surface area contributed by atoms with Gasteiger partial charge in [0.25, 0.3) is 5.91 Å². The fourth-order valence-corrected chi connectivity index (χ4v) is 2.22. The molecule has 0 radical (unpaired) electrons. The maximum atomic E-state index is 12.5. The number of hydrogen-bond acceptors (Lipinski definition) is 3. The Labute approximate surface area is 139 Å². The third-order valence-corrected chi connectivity index (χ3v) is 3.58. The van der Waals surface area contributed by atoms with E-state index in [1.165, 1.54) is 12.1 Å². The summed E-state index contributed by atoms with van der Waals surface area (Å²) in [7, 11) is 0. The van der Waals surface area contributed by atoms with Crippen molar-refractivity contribution in [3.05, 3.63) is 59.2 Å². The zero-order valence-corrected chi connectivity index (χ0v) is 13.4. The molecule has 6 nitrogen and oxygen atoms in total. The first-order valence-electron chi connectivity index (χ1n) is 7.47. The molecular weight excluding hydrogens is 308 g/mol. The number of carbonyl (C=O) groups is 3. The van der Waals surface area contributed by atoms with Crippen LogP contribution in [-0.4, -0.2) is 22.9 Å². The van der Waals surface area contributed by atoms with Gasteiger partial charge < -0.3 is 15.7 Å². The van der Waals surface area contributed by atoms with Crippen molar-refractivity contribution >= 4 is 29.2 Å². The van der Waals surface area contributed by atoms with Crippen LogP contribution in [0.1, 0.15) is 39.6 Å². The van der Waals surface area contributed by atoms with Gasteiger partial charge in [-0.05, 0) is 36.8 Å². The molecule has 0 unspecified atom stereocenters.